The lowest BCUT2D eigenvalue weighted by molar-refractivity contribution is -0.118. The molecule has 0 bridgehead atoms. The van der Waals surface area contributed by atoms with Crippen molar-refractivity contribution in [2.75, 3.05) is 4.90 Å². The molecule has 1 aromatic heterocycles. The van der Waals surface area contributed by atoms with E-state index in [4.69, 9.17) is 0 Å². The van der Waals surface area contributed by atoms with Crippen LogP contribution in [0.2, 0.25) is 0 Å². The first-order chi connectivity index (χ1) is 10.2. The van der Waals surface area contributed by atoms with Gasteiger partial charge in [-0.1, -0.05) is 30.0 Å². The van der Waals surface area contributed by atoms with Gasteiger partial charge in [0.15, 0.2) is 5.16 Å². The van der Waals surface area contributed by atoms with Gasteiger partial charge in [-0.05, 0) is 38.0 Å². The first-order valence-corrected chi connectivity index (χ1v) is 7.89. The van der Waals surface area contributed by atoms with Crippen LogP contribution in [0.3, 0.4) is 0 Å². The molecule has 5 heteroatoms. The number of para-hydroxylation sites is 1. The van der Waals surface area contributed by atoms with Crippen molar-refractivity contribution < 1.29 is 4.79 Å². The van der Waals surface area contributed by atoms with E-state index in [0.29, 0.717) is 5.16 Å². The van der Waals surface area contributed by atoms with Crippen LogP contribution in [0.25, 0.3) is 0 Å². The molecule has 1 amide bonds. The SMILES string of the molecule is C[C@H](Sc1ncccn1)C(=O)N1c2ccccc2C[C@H]1C. The molecule has 0 aliphatic carbocycles. The number of amides is 1. The minimum absolute atomic E-state index is 0.116. The van der Waals surface area contributed by atoms with E-state index in [1.165, 1.54) is 17.3 Å². The summed E-state index contributed by atoms with van der Waals surface area (Å²) in [5, 5.41) is 0.430. The number of aromatic nitrogens is 2. The highest BCUT2D eigenvalue weighted by Gasteiger charge is 2.33. The van der Waals surface area contributed by atoms with Crippen LogP contribution in [-0.2, 0) is 11.2 Å². The smallest absolute Gasteiger partial charge is 0.240 e. The summed E-state index contributed by atoms with van der Waals surface area (Å²) in [6.45, 7) is 4.01. The van der Waals surface area contributed by atoms with E-state index >= 15 is 0 Å². The van der Waals surface area contributed by atoms with Crippen LogP contribution < -0.4 is 4.90 Å². The molecule has 2 aromatic rings. The molecule has 1 aliphatic rings. The molecule has 0 saturated carbocycles. The third-order valence-electron chi connectivity index (χ3n) is 3.62. The zero-order valence-corrected chi connectivity index (χ0v) is 12.9. The fraction of sp³-hybridized carbons (Fsp3) is 0.312. The Morgan fingerprint density at radius 1 is 1.29 bits per heavy atom. The Bertz CT molecular complexity index is 647. The molecule has 2 heterocycles. The highest BCUT2D eigenvalue weighted by atomic mass is 32.2. The Morgan fingerprint density at radius 2 is 2.00 bits per heavy atom. The molecule has 0 saturated heterocycles. The van der Waals surface area contributed by atoms with Crippen molar-refractivity contribution in [2.45, 2.75) is 36.7 Å². The van der Waals surface area contributed by atoms with Crippen molar-refractivity contribution in [3.05, 3.63) is 48.3 Å². The number of benzene rings is 1. The van der Waals surface area contributed by atoms with Crippen molar-refractivity contribution in [3.63, 3.8) is 0 Å². The van der Waals surface area contributed by atoms with E-state index < -0.39 is 0 Å². The monoisotopic (exact) mass is 299 g/mol. The van der Waals surface area contributed by atoms with Crippen molar-refractivity contribution in [2.24, 2.45) is 0 Å². The highest BCUT2D eigenvalue weighted by Crippen LogP contribution is 2.34. The van der Waals surface area contributed by atoms with Crippen LogP contribution in [-0.4, -0.2) is 27.2 Å². The second-order valence-electron chi connectivity index (χ2n) is 5.18. The number of fused-ring (bicyclic) bond motifs is 1. The standard InChI is InChI=1S/C16H17N3OS/c1-11-10-13-6-3-4-7-14(13)19(11)15(20)12(2)21-16-17-8-5-9-18-16/h3-9,11-12H,10H2,1-2H3/t11-,12+/m1/s1. The van der Waals surface area contributed by atoms with Crippen LogP contribution >= 0.6 is 11.8 Å². The number of hydrogen-bond donors (Lipinski definition) is 0. The summed E-state index contributed by atoms with van der Waals surface area (Å²) < 4.78 is 0. The molecule has 1 aromatic carbocycles. The normalized spacial score (nSPS) is 18.4. The molecule has 2 atom stereocenters. The van der Waals surface area contributed by atoms with Gasteiger partial charge >= 0.3 is 0 Å². The van der Waals surface area contributed by atoms with Crippen molar-refractivity contribution in [1.29, 1.82) is 0 Å². The topological polar surface area (TPSA) is 46.1 Å². The van der Waals surface area contributed by atoms with Gasteiger partial charge in [-0.15, -0.1) is 0 Å². The second-order valence-corrected chi connectivity index (χ2v) is 6.49. The van der Waals surface area contributed by atoms with Crippen molar-refractivity contribution >= 4 is 23.4 Å². The number of hydrogen-bond acceptors (Lipinski definition) is 4. The summed E-state index contributed by atoms with van der Waals surface area (Å²) in [5.74, 6) is 0.116. The van der Waals surface area contributed by atoms with Crippen molar-refractivity contribution in [3.8, 4) is 0 Å². The van der Waals surface area contributed by atoms with E-state index in [2.05, 4.69) is 23.0 Å². The molecule has 21 heavy (non-hydrogen) atoms. The number of carbonyl (C=O) groups excluding carboxylic acids is 1. The maximum atomic E-state index is 12.8. The van der Waals surface area contributed by atoms with Gasteiger partial charge < -0.3 is 4.90 Å². The number of nitrogens with zero attached hydrogens (tertiary/aromatic N) is 3. The number of carbonyl (C=O) groups is 1. The molecule has 4 nitrogen and oxygen atoms in total. The average molecular weight is 299 g/mol. The van der Waals surface area contributed by atoms with Gasteiger partial charge in [0.1, 0.15) is 0 Å². The maximum Gasteiger partial charge on any atom is 0.240 e. The Balaban J connectivity index is 1.79. The Kier molecular flexibility index (Phi) is 3.92. The summed E-state index contributed by atoms with van der Waals surface area (Å²) >= 11 is 1.40. The lowest BCUT2D eigenvalue weighted by Gasteiger charge is -2.25. The third-order valence-corrected chi connectivity index (χ3v) is 4.59. The van der Waals surface area contributed by atoms with Crippen LogP contribution in [0.5, 0.6) is 0 Å². The molecular weight excluding hydrogens is 282 g/mol. The van der Waals surface area contributed by atoms with E-state index in [1.807, 2.05) is 30.0 Å². The van der Waals surface area contributed by atoms with Crippen LogP contribution in [0, 0.1) is 0 Å². The molecule has 1 aliphatic heterocycles. The van der Waals surface area contributed by atoms with Gasteiger partial charge in [0.2, 0.25) is 5.91 Å². The minimum atomic E-state index is -0.207. The zero-order chi connectivity index (χ0) is 14.8. The van der Waals surface area contributed by atoms with Crippen molar-refractivity contribution in [1.82, 2.24) is 9.97 Å². The molecule has 0 N–H and O–H groups in total. The third kappa shape index (κ3) is 2.78. The fourth-order valence-electron chi connectivity index (χ4n) is 2.65. The quantitative estimate of drug-likeness (QED) is 0.646. The average Bonchev–Trinajstić information content (AvgIpc) is 2.83. The Labute approximate surface area is 128 Å². The fourth-order valence-corrected chi connectivity index (χ4v) is 3.43. The minimum Gasteiger partial charge on any atom is -0.308 e. The Morgan fingerprint density at radius 3 is 2.76 bits per heavy atom. The predicted molar refractivity (Wildman–Crippen MR) is 84.4 cm³/mol. The molecule has 0 unspecified atom stereocenters. The summed E-state index contributed by atoms with van der Waals surface area (Å²) in [5.41, 5.74) is 2.28. The van der Waals surface area contributed by atoms with Gasteiger partial charge in [0.05, 0.1) is 5.25 Å². The highest BCUT2D eigenvalue weighted by molar-refractivity contribution is 8.00. The van der Waals surface area contributed by atoms with Gasteiger partial charge in [0.25, 0.3) is 0 Å². The number of rotatable bonds is 3. The summed E-state index contributed by atoms with van der Waals surface area (Å²) in [6, 6.07) is 10.1. The predicted octanol–water partition coefficient (Wildman–Crippen LogP) is 2.94. The second kappa shape index (κ2) is 5.85. The van der Waals surface area contributed by atoms with Crippen LogP contribution in [0.4, 0.5) is 5.69 Å². The summed E-state index contributed by atoms with van der Waals surface area (Å²) in [4.78, 5) is 23.0. The maximum absolute atomic E-state index is 12.8. The zero-order valence-electron chi connectivity index (χ0n) is 12.1. The largest absolute Gasteiger partial charge is 0.308 e. The molecule has 0 fully saturated rings. The van der Waals surface area contributed by atoms with E-state index in [9.17, 15) is 4.79 Å². The first kappa shape index (κ1) is 14.1. The van der Waals surface area contributed by atoms with Crippen LogP contribution in [0.1, 0.15) is 19.4 Å². The first-order valence-electron chi connectivity index (χ1n) is 7.01. The van der Waals surface area contributed by atoms with Gasteiger partial charge in [-0.25, -0.2) is 9.97 Å². The molecule has 3 rings (SSSR count). The van der Waals surface area contributed by atoms with Gasteiger partial charge in [-0.3, -0.25) is 4.79 Å². The Hall–Kier alpha value is -1.88. The molecule has 0 radical (unpaired) electrons. The number of anilines is 1. The van der Waals surface area contributed by atoms with E-state index in [0.717, 1.165) is 12.1 Å². The van der Waals surface area contributed by atoms with E-state index in [1.54, 1.807) is 18.5 Å². The van der Waals surface area contributed by atoms with Gasteiger partial charge in [-0.2, -0.15) is 0 Å². The molecule has 0 spiro atoms. The molecule has 108 valence electrons. The lowest BCUT2D eigenvalue weighted by atomic mass is 10.1. The number of thioether (sulfide) groups is 1. The molecular formula is C16H17N3OS. The van der Waals surface area contributed by atoms with Crippen LogP contribution in [0.15, 0.2) is 47.9 Å². The summed E-state index contributed by atoms with van der Waals surface area (Å²) in [6.07, 6.45) is 4.31. The summed E-state index contributed by atoms with van der Waals surface area (Å²) in [7, 11) is 0. The lowest BCUT2D eigenvalue weighted by Crippen LogP contribution is -2.40. The van der Waals surface area contributed by atoms with Gasteiger partial charge in [0, 0.05) is 24.1 Å². The van der Waals surface area contributed by atoms with E-state index in [-0.39, 0.29) is 17.2 Å².